The first-order valence-electron chi connectivity index (χ1n) is 2.77. The van der Waals surface area contributed by atoms with Crippen LogP contribution in [0.2, 0.25) is 0 Å². The quantitative estimate of drug-likeness (QED) is 0.400. The van der Waals surface area contributed by atoms with Gasteiger partial charge in [0.25, 0.3) is 0 Å². The molecule has 0 spiro atoms. The predicted octanol–water partition coefficient (Wildman–Crippen LogP) is 1.78. The molecule has 1 fully saturated rings. The van der Waals surface area contributed by atoms with Gasteiger partial charge in [0.1, 0.15) is 0 Å². The van der Waals surface area contributed by atoms with Crippen LogP contribution in [0, 0.1) is 0 Å². The van der Waals surface area contributed by atoms with Gasteiger partial charge in [-0.2, -0.15) is 0 Å². The van der Waals surface area contributed by atoms with Crippen LogP contribution >= 0.6 is 11.6 Å². The van der Waals surface area contributed by atoms with Gasteiger partial charge in [-0.05, 0) is 12.8 Å². The minimum Gasteiger partial charge on any atom is -0.123 e. The highest BCUT2D eigenvalue weighted by molar-refractivity contribution is 6.21. The van der Waals surface area contributed by atoms with Gasteiger partial charge in [0.15, 0.2) is 0 Å². The average molecular weight is 92.6 g/mol. The third kappa shape index (κ3) is 0.569. The molecule has 30 valence electrons. The van der Waals surface area contributed by atoms with Gasteiger partial charge in [0.05, 0.1) is 0 Å². The Hall–Kier alpha value is 0.290. The molecule has 0 bridgehead atoms. The number of hydrogen-bond acceptors (Lipinski definition) is 0. The van der Waals surface area contributed by atoms with Gasteiger partial charge < -0.3 is 0 Å². The maximum atomic E-state index is 7.01. The average Bonchev–Trinajstić information content (AvgIpc) is 1.63. The SMILES string of the molecule is [2H]C1([2H])CCC1Cl. The maximum absolute atomic E-state index is 7.01. The third-order valence-electron chi connectivity index (χ3n) is 0.764. The summed E-state index contributed by atoms with van der Waals surface area (Å²) in [6.45, 7) is 0. The molecule has 0 nitrogen and oxygen atoms in total. The zero-order valence-corrected chi connectivity index (χ0v) is 3.63. The minimum atomic E-state index is -1.05. The van der Waals surface area contributed by atoms with E-state index in [1.54, 1.807) is 0 Å². The van der Waals surface area contributed by atoms with Gasteiger partial charge in [-0.15, -0.1) is 11.6 Å². The Balaban J connectivity index is 2.43. The van der Waals surface area contributed by atoms with Gasteiger partial charge in [0, 0.05) is 8.12 Å². The highest BCUT2D eigenvalue weighted by Gasteiger charge is 2.11. The smallest absolute Gasteiger partial charge is 0.0336 e. The lowest BCUT2D eigenvalue weighted by Gasteiger charge is -2.16. The lowest BCUT2D eigenvalue weighted by molar-refractivity contribution is 0.514. The number of alkyl halides is 1. The number of hydrogen-bond donors (Lipinski definition) is 0. The summed E-state index contributed by atoms with van der Waals surface area (Å²) in [4.78, 5) is 0. The molecule has 1 aliphatic carbocycles. The van der Waals surface area contributed by atoms with Crippen LogP contribution in [0.25, 0.3) is 0 Å². The summed E-state index contributed by atoms with van der Waals surface area (Å²) < 4.78 is 14.0. The minimum absolute atomic E-state index is 0.215. The van der Waals surface area contributed by atoms with E-state index in [0.29, 0.717) is 6.42 Å². The van der Waals surface area contributed by atoms with Gasteiger partial charge in [0.2, 0.25) is 0 Å². The van der Waals surface area contributed by atoms with Crippen LogP contribution in [-0.4, -0.2) is 5.38 Å². The molecule has 1 saturated carbocycles. The molecule has 1 unspecified atom stereocenters. The zero-order chi connectivity index (χ0) is 5.49. The van der Waals surface area contributed by atoms with Crippen LogP contribution in [0.1, 0.15) is 22.0 Å². The molecule has 0 amide bonds. The van der Waals surface area contributed by atoms with Crippen molar-refractivity contribution in [1.29, 1.82) is 0 Å². The van der Waals surface area contributed by atoms with Crippen LogP contribution < -0.4 is 0 Å². The molecule has 0 aromatic heterocycles. The first-order chi connectivity index (χ1) is 3.13. The Labute approximate surface area is 39.9 Å². The fourth-order valence-corrected chi connectivity index (χ4v) is 0.472. The molecule has 0 heterocycles. The Morgan fingerprint density at radius 1 is 2.00 bits per heavy atom. The van der Waals surface area contributed by atoms with Crippen molar-refractivity contribution in [2.75, 3.05) is 0 Å². The van der Waals surface area contributed by atoms with Crippen LogP contribution in [0.5, 0.6) is 0 Å². The molecular formula is C4H7Cl. The fourth-order valence-electron chi connectivity index (χ4n) is 0.253. The van der Waals surface area contributed by atoms with Crippen molar-refractivity contribution in [3.63, 3.8) is 0 Å². The highest BCUT2D eigenvalue weighted by atomic mass is 35.5. The van der Waals surface area contributed by atoms with Crippen LogP contribution in [0.15, 0.2) is 0 Å². The summed E-state index contributed by atoms with van der Waals surface area (Å²) in [5.74, 6) is 0. The van der Waals surface area contributed by atoms with E-state index in [2.05, 4.69) is 0 Å². The second kappa shape index (κ2) is 1.17. The Morgan fingerprint density at radius 2 is 2.60 bits per heavy atom. The number of rotatable bonds is 0. The van der Waals surface area contributed by atoms with Gasteiger partial charge >= 0.3 is 0 Å². The van der Waals surface area contributed by atoms with Crippen LogP contribution in [-0.2, 0) is 0 Å². The maximum Gasteiger partial charge on any atom is 0.0336 e. The lowest BCUT2D eigenvalue weighted by Crippen LogP contribution is -2.08. The van der Waals surface area contributed by atoms with Crippen LogP contribution in [0.3, 0.4) is 0 Å². The van der Waals surface area contributed by atoms with Gasteiger partial charge in [-0.1, -0.05) is 6.42 Å². The van der Waals surface area contributed by atoms with Crippen molar-refractivity contribution in [3.05, 3.63) is 0 Å². The van der Waals surface area contributed by atoms with Crippen molar-refractivity contribution in [3.8, 4) is 0 Å². The van der Waals surface area contributed by atoms with Crippen LogP contribution in [0.4, 0.5) is 0 Å². The molecule has 1 rings (SSSR count). The Morgan fingerprint density at radius 3 is 2.60 bits per heavy atom. The molecule has 0 N–H and O–H groups in total. The molecular weight excluding hydrogens is 83.5 g/mol. The molecule has 1 heteroatoms. The summed E-state index contributed by atoms with van der Waals surface area (Å²) in [6.07, 6.45) is 0.428. The summed E-state index contributed by atoms with van der Waals surface area (Å²) in [5.41, 5.74) is 0. The van der Waals surface area contributed by atoms with Crippen molar-refractivity contribution in [2.45, 2.75) is 24.6 Å². The van der Waals surface area contributed by atoms with E-state index in [0.717, 1.165) is 6.42 Å². The van der Waals surface area contributed by atoms with Crippen molar-refractivity contribution in [2.24, 2.45) is 0 Å². The second-order valence-electron chi connectivity index (χ2n) is 1.21. The second-order valence-corrected chi connectivity index (χ2v) is 1.74. The third-order valence-corrected chi connectivity index (χ3v) is 1.14. The molecule has 0 aromatic carbocycles. The van der Waals surface area contributed by atoms with E-state index in [1.807, 2.05) is 0 Å². The summed E-state index contributed by atoms with van der Waals surface area (Å²) >= 11 is 5.47. The van der Waals surface area contributed by atoms with E-state index >= 15 is 0 Å². The zero-order valence-electron chi connectivity index (χ0n) is 4.87. The van der Waals surface area contributed by atoms with Crippen molar-refractivity contribution >= 4 is 11.6 Å². The van der Waals surface area contributed by atoms with Gasteiger partial charge in [-0.3, -0.25) is 0 Å². The lowest BCUT2D eigenvalue weighted by atomic mass is 10.0. The predicted molar refractivity (Wildman–Crippen MR) is 23.5 cm³/mol. The molecule has 0 aliphatic heterocycles. The normalized spacial score (nSPS) is 52.6. The largest absolute Gasteiger partial charge is 0.123 e. The fraction of sp³-hybridized carbons (Fsp3) is 1.00. The summed E-state index contributed by atoms with van der Waals surface area (Å²) in [5, 5.41) is -0.215. The number of halogens is 1. The monoisotopic (exact) mass is 92.0 g/mol. The van der Waals surface area contributed by atoms with E-state index in [9.17, 15) is 0 Å². The van der Waals surface area contributed by atoms with E-state index in [4.69, 9.17) is 14.3 Å². The molecule has 0 saturated heterocycles. The van der Waals surface area contributed by atoms with E-state index < -0.39 is 6.37 Å². The van der Waals surface area contributed by atoms with E-state index in [-0.39, 0.29) is 5.38 Å². The molecule has 0 radical (unpaired) electrons. The topological polar surface area (TPSA) is 0 Å². The molecule has 0 aromatic rings. The molecule has 1 atom stereocenters. The summed E-state index contributed by atoms with van der Waals surface area (Å²) in [7, 11) is 0. The first kappa shape index (κ1) is 1.83. The molecule has 1 aliphatic rings. The Kier molecular flexibility index (Phi) is 0.430. The standard InChI is InChI=1S/C4H7Cl/c5-4-2-1-3-4/h4H,1-3H2/i2D2. The van der Waals surface area contributed by atoms with Crippen molar-refractivity contribution < 1.29 is 2.74 Å². The first-order valence-corrected chi connectivity index (χ1v) is 2.21. The summed E-state index contributed by atoms with van der Waals surface area (Å²) in [6, 6.07) is 0. The van der Waals surface area contributed by atoms with Crippen molar-refractivity contribution in [1.82, 2.24) is 0 Å². The Bertz CT molecular complexity index is 81.8. The van der Waals surface area contributed by atoms with Gasteiger partial charge in [-0.25, -0.2) is 0 Å². The van der Waals surface area contributed by atoms with E-state index in [1.165, 1.54) is 0 Å². The molecule has 5 heavy (non-hydrogen) atoms. The highest BCUT2D eigenvalue weighted by Crippen LogP contribution is 2.23.